The summed E-state index contributed by atoms with van der Waals surface area (Å²) in [5.41, 5.74) is 0.0886. The van der Waals surface area contributed by atoms with E-state index in [2.05, 4.69) is 9.72 Å². The molecule has 134 valence electrons. The summed E-state index contributed by atoms with van der Waals surface area (Å²) in [6.07, 6.45) is -4.08. The predicted octanol–water partition coefficient (Wildman–Crippen LogP) is 2.21. The van der Waals surface area contributed by atoms with E-state index in [1.54, 1.807) is 10.8 Å². The maximum atomic E-state index is 12.4. The second-order valence-corrected chi connectivity index (χ2v) is 6.56. The van der Waals surface area contributed by atoms with Crippen LogP contribution in [0.3, 0.4) is 0 Å². The minimum atomic E-state index is -4.67. The number of carbonyl (C=O) groups is 1. The smallest absolute Gasteiger partial charge is 0.354 e. The molecule has 1 aromatic heterocycles. The Labute approximate surface area is 141 Å². The quantitative estimate of drug-likeness (QED) is 0.838. The van der Waals surface area contributed by atoms with Crippen molar-refractivity contribution in [3.05, 3.63) is 60.4 Å². The standard InChI is InChI=1S/C15H13F3N2O4S/c16-15(17,18)10-24-13(11-5-2-1-3-6-11)14(21)20-25(22,23)12-7-4-8-19-9-12/h1-9,13H,10H2,(H,20,21)/t13-/m1/s1. The Morgan fingerprint density at radius 1 is 1.16 bits per heavy atom. The monoisotopic (exact) mass is 374 g/mol. The van der Waals surface area contributed by atoms with Crippen LogP contribution in [0.15, 0.2) is 59.8 Å². The number of hydrogen-bond donors (Lipinski definition) is 1. The number of nitrogens with one attached hydrogen (secondary N) is 1. The lowest BCUT2D eigenvalue weighted by Gasteiger charge is -2.19. The van der Waals surface area contributed by atoms with Crippen molar-refractivity contribution in [1.29, 1.82) is 0 Å². The molecule has 1 N–H and O–H groups in total. The van der Waals surface area contributed by atoms with Gasteiger partial charge in [0.05, 0.1) is 0 Å². The van der Waals surface area contributed by atoms with Gasteiger partial charge in [-0.15, -0.1) is 0 Å². The number of pyridine rings is 1. The van der Waals surface area contributed by atoms with Crippen molar-refractivity contribution in [3.8, 4) is 0 Å². The highest BCUT2D eigenvalue weighted by Crippen LogP contribution is 2.23. The molecule has 1 heterocycles. The van der Waals surface area contributed by atoms with Crippen molar-refractivity contribution in [2.24, 2.45) is 0 Å². The predicted molar refractivity (Wildman–Crippen MR) is 80.8 cm³/mol. The van der Waals surface area contributed by atoms with Gasteiger partial charge in [0.1, 0.15) is 11.5 Å². The normalized spacial score (nSPS) is 13.2. The van der Waals surface area contributed by atoms with Gasteiger partial charge in [0.2, 0.25) is 0 Å². The molecule has 0 fully saturated rings. The molecule has 2 aromatic rings. The van der Waals surface area contributed by atoms with Gasteiger partial charge in [-0.05, 0) is 17.7 Å². The fourth-order valence-electron chi connectivity index (χ4n) is 1.88. The van der Waals surface area contributed by atoms with E-state index in [1.807, 2.05) is 0 Å². The summed E-state index contributed by atoms with van der Waals surface area (Å²) in [6.45, 7) is -1.70. The van der Waals surface area contributed by atoms with Crippen LogP contribution in [0.4, 0.5) is 13.2 Å². The van der Waals surface area contributed by atoms with Crippen molar-refractivity contribution in [2.75, 3.05) is 6.61 Å². The van der Waals surface area contributed by atoms with E-state index in [9.17, 15) is 26.4 Å². The van der Waals surface area contributed by atoms with E-state index in [1.165, 1.54) is 42.6 Å². The minimum absolute atomic E-state index is 0.0886. The maximum Gasteiger partial charge on any atom is 0.411 e. The zero-order valence-electron chi connectivity index (χ0n) is 12.6. The van der Waals surface area contributed by atoms with Crippen molar-refractivity contribution >= 4 is 15.9 Å². The van der Waals surface area contributed by atoms with Gasteiger partial charge in [0.25, 0.3) is 15.9 Å². The van der Waals surface area contributed by atoms with E-state index in [0.717, 1.165) is 6.20 Å². The Kier molecular flexibility index (Phi) is 5.75. The third kappa shape index (κ3) is 5.54. The summed E-state index contributed by atoms with van der Waals surface area (Å²) in [5.74, 6) is -1.24. The first kappa shape index (κ1) is 18.9. The van der Waals surface area contributed by atoms with E-state index >= 15 is 0 Å². The number of nitrogens with zero attached hydrogens (tertiary/aromatic N) is 1. The number of ether oxygens (including phenoxy) is 1. The maximum absolute atomic E-state index is 12.4. The molecular weight excluding hydrogens is 361 g/mol. The third-order valence-corrected chi connectivity index (χ3v) is 4.27. The number of alkyl halides is 3. The van der Waals surface area contributed by atoms with Crippen LogP contribution in [-0.2, 0) is 19.6 Å². The Morgan fingerprint density at radius 3 is 2.40 bits per heavy atom. The minimum Gasteiger partial charge on any atom is -0.354 e. The first-order valence-corrected chi connectivity index (χ1v) is 8.37. The van der Waals surface area contributed by atoms with Gasteiger partial charge >= 0.3 is 6.18 Å². The summed E-state index contributed by atoms with van der Waals surface area (Å²) >= 11 is 0. The molecule has 0 unspecified atom stereocenters. The first-order chi connectivity index (χ1) is 11.7. The van der Waals surface area contributed by atoms with Crippen LogP contribution >= 0.6 is 0 Å². The van der Waals surface area contributed by atoms with Gasteiger partial charge in [0, 0.05) is 12.4 Å². The molecule has 1 amide bonds. The SMILES string of the molecule is O=C(NS(=O)(=O)c1cccnc1)[C@H](OCC(F)(F)F)c1ccccc1. The number of rotatable bonds is 6. The van der Waals surface area contributed by atoms with E-state index in [0.29, 0.717) is 0 Å². The Morgan fingerprint density at radius 2 is 1.84 bits per heavy atom. The zero-order chi connectivity index (χ0) is 18.5. The largest absolute Gasteiger partial charge is 0.411 e. The van der Waals surface area contributed by atoms with Crippen molar-refractivity contribution in [3.63, 3.8) is 0 Å². The first-order valence-electron chi connectivity index (χ1n) is 6.89. The molecular formula is C15H13F3N2O4S. The Balaban J connectivity index is 2.23. The van der Waals surface area contributed by atoms with Gasteiger partial charge < -0.3 is 4.74 Å². The van der Waals surface area contributed by atoms with Gasteiger partial charge in [-0.3, -0.25) is 9.78 Å². The lowest BCUT2D eigenvalue weighted by Crippen LogP contribution is -2.37. The van der Waals surface area contributed by atoms with Crippen LogP contribution in [0.5, 0.6) is 0 Å². The number of halogens is 3. The number of amides is 1. The summed E-state index contributed by atoms with van der Waals surface area (Å²) < 4.78 is 67.8. The average molecular weight is 374 g/mol. The van der Waals surface area contributed by atoms with Gasteiger partial charge in [-0.25, -0.2) is 13.1 Å². The highest BCUT2D eigenvalue weighted by atomic mass is 32.2. The second-order valence-electron chi connectivity index (χ2n) is 4.88. The van der Waals surface area contributed by atoms with Crippen LogP contribution in [0.25, 0.3) is 0 Å². The molecule has 10 heteroatoms. The van der Waals surface area contributed by atoms with Gasteiger partial charge in [-0.2, -0.15) is 13.2 Å². The number of aromatic nitrogens is 1. The molecule has 6 nitrogen and oxygen atoms in total. The van der Waals surface area contributed by atoms with E-state index in [-0.39, 0.29) is 10.5 Å². The molecule has 0 saturated carbocycles. The zero-order valence-corrected chi connectivity index (χ0v) is 13.4. The van der Waals surface area contributed by atoms with Crippen LogP contribution in [0.1, 0.15) is 11.7 Å². The third-order valence-electron chi connectivity index (χ3n) is 2.93. The molecule has 0 aliphatic rings. The number of hydrogen-bond acceptors (Lipinski definition) is 5. The molecule has 1 aromatic carbocycles. The summed E-state index contributed by atoms with van der Waals surface area (Å²) in [5, 5.41) is 0. The number of benzene rings is 1. The van der Waals surface area contributed by atoms with Crippen LogP contribution in [0, 0.1) is 0 Å². The fourth-order valence-corrected chi connectivity index (χ4v) is 2.83. The summed E-state index contributed by atoms with van der Waals surface area (Å²) in [7, 11) is -4.29. The lowest BCUT2D eigenvalue weighted by atomic mass is 10.1. The summed E-state index contributed by atoms with van der Waals surface area (Å²) in [6, 6.07) is 9.82. The molecule has 0 aliphatic heterocycles. The van der Waals surface area contributed by atoms with Crippen LogP contribution in [-0.4, -0.2) is 32.1 Å². The molecule has 0 bridgehead atoms. The number of sulfonamides is 1. The van der Waals surface area contributed by atoms with Crippen LogP contribution < -0.4 is 4.72 Å². The summed E-state index contributed by atoms with van der Waals surface area (Å²) in [4.78, 5) is 15.6. The fraction of sp³-hybridized carbons (Fsp3) is 0.200. The van der Waals surface area contributed by atoms with Crippen molar-refractivity contribution in [1.82, 2.24) is 9.71 Å². The van der Waals surface area contributed by atoms with Crippen LogP contribution in [0.2, 0.25) is 0 Å². The molecule has 0 aliphatic carbocycles. The highest BCUT2D eigenvalue weighted by molar-refractivity contribution is 7.90. The van der Waals surface area contributed by atoms with Gasteiger partial charge in [-0.1, -0.05) is 30.3 Å². The van der Waals surface area contributed by atoms with E-state index in [4.69, 9.17) is 0 Å². The number of carbonyl (C=O) groups excluding carboxylic acids is 1. The lowest BCUT2D eigenvalue weighted by molar-refractivity contribution is -0.187. The Hall–Kier alpha value is -2.46. The molecule has 2 rings (SSSR count). The van der Waals surface area contributed by atoms with Crippen molar-refractivity contribution in [2.45, 2.75) is 17.2 Å². The van der Waals surface area contributed by atoms with E-state index < -0.39 is 34.8 Å². The van der Waals surface area contributed by atoms with Crippen molar-refractivity contribution < 1.29 is 31.1 Å². The molecule has 25 heavy (non-hydrogen) atoms. The average Bonchev–Trinajstić information content (AvgIpc) is 2.55. The highest BCUT2D eigenvalue weighted by Gasteiger charge is 2.33. The Bertz CT molecular complexity index is 812. The van der Waals surface area contributed by atoms with Gasteiger partial charge in [0.15, 0.2) is 6.10 Å². The molecule has 0 saturated heterocycles. The second kappa shape index (κ2) is 7.62. The topological polar surface area (TPSA) is 85.4 Å². The molecule has 1 atom stereocenters. The molecule has 0 spiro atoms. The molecule has 0 radical (unpaired) electrons.